The molecule has 1 aromatic heterocycles. The number of carbonyl (C=O) groups excluding carboxylic acids is 2. The Kier molecular flexibility index (Phi) is 3.60. The molecular weight excluding hydrogens is 280 g/mol. The fourth-order valence-corrected chi connectivity index (χ4v) is 3.23. The SMILES string of the molecule is CC1CCC(c2ccc3cn(C)nc3c2)N(C(=O)C(N)=O)C1. The van der Waals surface area contributed by atoms with Gasteiger partial charge in [-0.15, -0.1) is 0 Å². The summed E-state index contributed by atoms with van der Waals surface area (Å²) in [6.45, 7) is 2.64. The van der Waals surface area contributed by atoms with Crippen molar-refractivity contribution in [3.8, 4) is 0 Å². The molecule has 2 heterocycles. The van der Waals surface area contributed by atoms with Crippen LogP contribution in [0.3, 0.4) is 0 Å². The van der Waals surface area contributed by atoms with Crippen LogP contribution < -0.4 is 5.73 Å². The monoisotopic (exact) mass is 300 g/mol. The van der Waals surface area contributed by atoms with Gasteiger partial charge in [-0.1, -0.05) is 19.1 Å². The molecular formula is C16H20N4O2. The first-order chi connectivity index (χ1) is 10.5. The van der Waals surface area contributed by atoms with Crippen molar-refractivity contribution in [2.45, 2.75) is 25.8 Å². The zero-order chi connectivity index (χ0) is 15.9. The molecule has 22 heavy (non-hydrogen) atoms. The van der Waals surface area contributed by atoms with E-state index in [0.29, 0.717) is 12.5 Å². The highest BCUT2D eigenvalue weighted by Crippen LogP contribution is 2.34. The molecule has 2 unspecified atom stereocenters. The van der Waals surface area contributed by atoms with Gasteiger partial charge < -0.3 is 10.6 Å². The molecule has 1 aliphatic heterocycles. The highest BCUT2D eigenvalue weighted by Gasteiger charge is 2.33. The summed E-state index contributed by atoms with van der Waals surface area (Å²) in [5, 5.41) is 5.47. The summed E-state index contributed by atoms with van der Waals surface area (Å²) in [4.78, 5) is 25.1. The summed E-state index contributed by atoms with van der Waals surface area (Å²) < 4.78 is 1.77. The third kappa shape index (κ3) is 2.56. The molecule has 0 saturated carbocycles. The maximum Gasteiger partial charge on any atom is 0.312 e. The first kappa shape index (κ1) is 14.6. The average Bonchev–Trinajstić information content (AvgIpc) is 2.85. The number of benzene rings is 1. The number of aryl methyl sites for hydroxylation is 1. The van der Waals surface area contributed by atoms with Crippen molar-refractivity contribution < 1.29 is 9.59 Å². The van der Waals surface area contributed by atoms with Gasteiger partial charge in [0.25, 0.3) is 0 Å². The molecule has 2 N–H and O–H groups in total. The van der Waals surface area contributed by atoms with Crippen LogP contribution in [0.5, 0.6) is 0 Å². The number of likely N-dealkylation sites (tertiary alicyclic amines) is 1. The number of hydrogen-bond acceptors (Lipinski definition) is 3. The van der Waals surface area contributed by atoms with Crippen molar-refractivity contribution in [3.05, 3.63) is 30.0 Å². The first-order valence-corrected chi connectivity index (χ1v) is 7.49. The molecule has 6 heteroatoms. The Labute approximate surface area is 128 Å². The number of rotatable bonds is 1. The van der Waals surface area contributed by atoms with E-state index in [9.17, 15) is 9.59 Å². The maximum absolute atomic E-state index is 12.1. The van der Waals surface area contributed by atoms with Crippen molar-refractivity contribution in [1.29, 1.82) is 0 Å². The second-order valence-electron chi connectivity index (χ2n) is 6.14. The topological polar surface area (TPSA) is 81.2 Å². The summed E-state index contributed by atoms with van der Waals surface area (Å²) in [5.41, 5.74) is 7.10. The Balaban J connectivity index is 1.97. The second-order valence-corrected chi connectivity index (χ2v) is 6.14. The smallest absolute Gasteiger partial charge is 0.312 e. The Hall–Kier alpha value is -2.37. The predicted molar refractivity (Wildman–Crippen MR) is 82.8 cm³/mol. The van der Waals surface area contributed by atoms with E-state index < -0.39 is 11.8 Å². The van der Waals surface area contributed by atoms with E-state index in [4.69, 9.17) is 5.73 Å². The zero-order valence-electron chi connectivity index (χ0n) is 12.8. The third-order valence-corrected chi connectivity index (χ3v) is 4.32. The highest BCUT2D eigenvalue weighted by atomic mass is 16.2. The maximum atomic E-state index is 12.1. The van der Waals surface area contributed by atoms with Crippen molar-refractivity contribution in [1.82, 2.24) is 14.7 Å². The summed E-state index contributed by atoms with van der Waals surface area (Å²) in [5.74, 6) is -1.12. The minimum absolute atomic E-state index is 0.109. The zero-order valence-corrected chi connectivity index (χ0v) is 12.8. The predicted octanol–water partition coefficient (Wildman–Crippen LogP) is 1.36. The molecule has 116 valence electrons. The van der Waals surface area contributed by atoms with Crippen LogP contribution in [-0.2, 0) is 16.6 Å². The average molecular weight is 300 g/mol. The second kappa shape index (κ2) is 5.44. The molecule has 0 aliphatic carbocycles. The molecule has 1 saturated heterocycles. The molecule has 6 nitrogen and oxygen atoms in total. The molecule has 3 rings (SSSR count). The van der Waals surface area contributed by atoms with Gasteiger partial charge in [0.1, 0.15) is 0 Å². The molecule has 2 aromatic rings. The number of piperidine rings is 1. The van der Waals surface area contributed by atoms with E-state index in [-0.39, 0.29) is 6.04 Å². The minimum Gasteiger partial charge on any atom is -0.361 e. The van der Waals surface area contributed by atoms with Gasteiger partial charge in [-0.05, 0) is 30.4 Å². The minimum atomic E-state index is -0.891. The third-order valence-electron chi connectivity index (χ3n) is 4.32. The van der Waals surface area contributed by atoms with Crippen LogP contribution >= 0.6 is 0 Å². The lowest BCUT2D eigenvalue weighted by atomic mass is 9.89. The van der Waals surface area contributed by atoms with Crippen LogP contribution in [0.1, 0.15) is 31.4 Å². The lowest BCUT2D eigenvalue weighted by Crippen LogP contribution is -2.46. The van der Waals surface area contributed by atoms with Crippen molar-refractivity contribution >= 4 is 22.7 Å². The molecule has 0 spiro atoms. The normalized spacial score (nSPS) is 22.0. The molecule has 1 aromatic carbocycles. The summed E-state index contributed by atoms with van der Waals surface area (Å²) >= 11 is 0. The largest absolute Gasteiger partial charge is 0.361 e. The standard InChI is InChI=1S/C16H20N4O2/c1-10-3-6-14(20(8-10)16(22)15(17)21)11-4-5-12-9-19(2)18-13(12)7-11/h4-5,7,9-10,14H,3,6,8H2,1-2H3,(H2,17,21). The fraction of sp³-hybridized carbons (Fsp3) is 0.438. The van der Waals surface area contributed by atoms with Crippen LogP contribution in [0.25, 0.3) is 10.9 Å². The number of nitrogens with zero attached hydrogens (tertiary/aromatic N) is 3. The Morgan fingerprint density at radius 1 is 1.32 bits per heavy atom. The van der Waals surface area contributed by atoms with Gasteiger partial charge in [-0.3, -0.25) is 14.3 Å². The van der Waals surface area contributed by atoms with Crippen molar-refractivity contribution in [2.75, 3.05) is 6.54 Å². The fourth-order valence-electron chi connectivity index (χ4n) is 3.23. The molecule has 1 fully saturated rings. The molecule has 0 bridgehead atoms. The first-order valence-electron chi connectivity index (χ1n) is 7.49. The van der Waals surface area contributed by atoms with E-state index in [1.54, 1.807) is 9.58 Å². The number of carbonyl (C=O) groups is 2. The summed E-state index contributed by atoms with van der Waals surface area (Å²) in [7, 11) is 1.88. The van der Waals surface area contributed by atoms with Gasteiger partial charge in [0.2, 0.25) is 0 Å². The molecule has 0 radical (unpaired) electrons. The van der Waals surface area contributed by atoms with E-state index in [1.165, 1.54) is 0 Å². The lowest BCUT2D eigenvalue weighted by Gasteiger charge is -2.38. The van der Waals surface area contributed by atoms with E-state index in [1.807, 2.05) is 31.4 Å². The lowest BCUT2D eigenvalue weighted by molar-refractivity contribution is -0.147. The van der Waals surface area contributed by atoms with Gasteiger partial charge in [-0.2, -0.15) is 5.10 Å². The number of aromatic nitrogens is 2. The van der Waals surface area contributed by atoms with Crippen molar-refractivity contribution in [2.24, 2.45) is 18.7 Å². The quantitative estimate of drug-likeness (QED) is 0.807. The van der Waals surface area contributed by atoms with E-state index in [2.05, 4.69) is 12.0 Å². The van der Waals surface area contributed by atoms with Gasteiger partial charge in [0.15, 0.2) is 0 Å². The van der Waals surface area contributed by atoms with E-state index in [0.717, 1.165) is 29.3 Å². The van der Waals surface area contributed by atoms with Gasteiger partial charge in [0.05, 0.1) is 11.6 Å². The molecule has 2 amide bonds. The van der Waals surface area contributed by atoms with Gasteiger partial charge >= 0.3 is 11.8 Å². The Morgan fingerprint density at radius 2 is 2.09 bits per heavy atom. The number of amides is 2. The number of primary amides is 1. The number of nitrogens with two attached hydrogens (primary N) is 1. The summed E-state index contributed by atoms with van der Waals surface area (Å²) in [6, 6.07) is 5.90. The highest BCUT2D eigenvalue weighted by molar-refractivity contribution is 6.34. The van der Waals surface area contributed by atoms with E-state index >= 15 is 0 Å². The number of fused-ring (bicyclic) bond motifs is 1. The number of hydrogen-bond donors (Lipinski definition) is 1. The Morgan fingerprint density at radius 3 is 2.82 bits per heavy atom. The molecule has 2 atom stereocenters. The van der Waals surface area contributed by atoms with Crippen LogP contribution in [0.2, 0.25) is 0 Å². The molecule has 1 aliphatic rings. The summed E-state index contributed by atoms with van der Waals surface area (Å²) in [6.07, 6.45) is 3.81. The van der Waals surface area contributed by atoms with Gasteiger partial charge in [-0.25, -0.2) is 0 Å². The van der Waals surface area contributed by atoms with Crippen LogP contribution in [0.15, 0.2) is 24.4 Å². The van der Waals surface area contributed by atoms with Crippen LogP contribution in [-0.4, -0.2) is 33.0 Å². The van der Waals surface area contributed by atoms with Gasteiger partial charge in [0, 0.05) is 25.2 Å². The van der Waals surface area contributed by atoms with Crippen LogP contribution in [0, 0.1) is 5.92 Å². The van der Waals surface area contributed by atoms with Crippen LogP contribution in [0.4, 0.5) is 0 Å². The van der Waals surface area contributed by atoms with Crippen molar-refractivity contribution in [3.63, 3.8) is 0 Å². The Bertz CT molecular complexity index is 737.